The first-order valence-corrected chi connectivity index (χ1v) is 8.09. The number of benzene rings is 1. The lowest BCUT2D eigenvalue weighted by Gasteiger charge is -2.16. The van der Waals surface area contributed by atoms with Crippen molar-refractivity contribution in [1.29, 1.82) is 0 Å². The summed E-state index contributed by atoms with van der Waals surface area (Å²) in [7, 11) is 0. The average molecular weight is 345 g/mol. The smallest absolute Gasteiger partial charge is 0.276 e. The third-order valence-electron chi connectivity index (χ3n) is 3.93. The summed E-state index contributed by atoms with van der Waals surface area (Å²) < 4.78 is 0. The maximum atomic E-state index is 12.6. The van der Waals surface area contributed by atoms with Crippen molar-refractivity contribution in [3.05, 3.63) is 53.1 Å². The molecule has 0 saturated carbocycles. The summed E-state index contributed by atoms with van der Waals surface area (Å²) in [5, 5.41) is 3.28. The van der Waals surface area contributed by atoms with Gasteiger partial charge in [-0.3, -0.25) is 9.59 Å². The number of carbonyl (C=O) groups excluding carboxylic acids is 2. The van der Waals surface area contributed by atoms with Crippen LogP contribution in [0.15, 0.2) is 36.7 Å². The van der Waals surface area contributed by atoms with Crippen molar-refractivity contribution in [3.63, 3.8) is 0 Å². The fraction of sp³-hybridized carbons (Fsp3) is 0.294. The van der Waals surface area contributed by atoms with E-state index >= 15 is 0 Å². The Morgan fingerprint density at radius 1 is 1.17 bits per heavy atom. The predicted octanol–water partition coefficient (Wildman–Crippen LogP) is 2.86. The van der Waals surface area contributed by atoms with Crippen LogP contribution in [0.3, 0.4) is 0 Å². The first-order valence-electron chi connectivity index (χ1n) is 7.72. The highest BCUT2D eigenvalue weighted by Crippen LogP contribution is 2.19. The molecule has 124 valence electrons. The first-order chi connectivity index (χ1) is 11.5. The largest absolute Gasteiger partial charge is 0.337 e. The van der Waals surface area contributed by atoms with E-state index in [1.165, 1.54) is 12.4 Å². The second-order valence-electron chi connectivity index (χ2n) is 5.86. The van der Waals surface area contributed by atoms with Gasteiger partial charge in [0.25, 0.3) is 11.8 Å². The third-order valence-corrected chi connectivity index (χ3v) is 4.18. The van der Waals surface area contributed by atoms with Crippen LogP contribution in [0.1, 0.15) is 34.3 Å². The topological polar surface area (TPSA) is 75.2 Å². The normalized spacial score (nSPS) is 16.9. The molecule has 1 fully saturated rings. The Kier molecular flexibility index (Phi) is 4.76. The van der Waals surface area contributed by atoms with Crippen molar-refractivity contribution in [2.45, 2.75) is 13.3 Å². The van der Waals surface area contributed by atoms with Gasteiger partial charge in [-0.2, -0.15) is 0 Å². The number of halogens is 1. The van der Waals surface area contributed by atoms with Crippen LogP contribution in [0.4, 0.5) is 5.69 Å². The summed E-state index contributed by atoms with van der Waals surface area (Å²) in [5.41, 5.74) is 0.679. The Bertz CT molecular complexity index is 763. The molecular weight excluding hydrogens is 328 g/mol. The highest BCUT2D eigenvalue weighted by atomic mass is 35.5. The van der Waals surface area contributed by atoms with E-state index < -0.39 is 5.91 Å². The summed E-state index contributed by atoms with van der Waals surface area (Å²) >= 11 is 5.83. The zero-order valence-corrected chi connectivity index (χ0v) is 14.0. The standard InChI is InChI=1S/C17H17ClN4O2/c1-11-6-9-22(10-11)17(24)15-14(19-7-8-20-15)16(23)21-13-4-2-12(18)3-5-13/h2-5,7-8,11H,6,9-10H2,1H3,(H,21,23)/t11-/m1/s1. The highest BCUT2D eigenvalue weighted by Gasteiger charge is 2.29. The van der Waals surface area contributed by atoms with Crippen molar-refractivity contribution in [3.8, 4) is 0 Å². The number of likely N-dealkylation sites (tertiary alicyclic amines) is 1. The van der Waals surface area contributed by atoms with Crippen molar-refractivity contribution in [2.75, 3.05) is 18.4 Å². The monoisotopic (exact) mass is 344 g/mol. The third kappa shape index (κ3) is 3.54. The van der Waals surface area contributed by atoms with E-state index in [0.29, 0.717) is 29.7 Å². The lowest BCUT2D eigenvalue weighted by Crippen LogP contribution is -2.32. The van der Waals surface area contributed by atoms with Gasteiger partial charge < -0.3 is 10.2 Å². The van der Waals surface area contributed by atoms with Crippen LogP contribution in [-0.2, 0) is 0 Å². The predicted molar refractivity (Wildman–Crippen MR) is 91.1 cm³/mol. The zero-order chi connectivity index (χ0) is 17.1. The second-order valence-corrected chi connectivity index (χ2v) is 6.30. The van der Waals surface area contributed by atoms with Crippen LogP contribution in [0.5, 0.6) is 0 Å². The minimum atomic E-state index is -0.471. The molecule has 0 spiro atoms. The average Bonchev–Trinajstić information content (AvgIpc) is 3.02. The minimum Gasteiger partial charge on any atom is -0.337 e. The molecule has 0 aliphatic carbocycles. The van der Waals surface area contributed by atoms with Crippen LogP contribution < -0.4 is 5.32 Å². The van der Waals surface area contributed by atoms with E-state index in [1.54, 1.807) is 29.2 Å². The van der Waals surface area contributed by atoms with Gasteiger partial charge in [-0.1, -0.05) is 18.5 Å². The molecule has 1 aromatic carbocycles. The Morgan fingerprint density at radius 2 is 1.83 bits per heavy atom. The summed E-state index contributed by atoms with van der Waals surface area (Å²) in [4.78, 5) is 35.0. The number of carbonyl (C=O) groups is 2. The maximum absolute atomic E-state index is 12.6. The summed E-state index contributed by atoms with van der Waals surface area (Å²) in [6, 6.07) is 6.71. The maximum Gasteiger partial charge on any atom is 0.276 e. The van der Waals surface area contributed by atoms with Crippen molar-refractivity contribution >= 4 is 29.1 Å². The van der Waals surface area contributed by atoms with Crippen LogP contribution in [0.25, 0.3) is 0 Å². The molecule has 6 nitrogen and oxygen atoms in total. The fourth-order valence-corrected chi connectivity index (χ4v) is 2.78. The molecule has 1 aliphatic rings. The van der Waals surface area contributed by atoms with Crippen molar-refractivity contribution < 1.29 is 9.59 Å². The number of anilines is 1. The summed E-state index contributed by atoms with van der Waals surface area (Å²) in [6.45, 7) is 3.45. The van der Waals surface area contributed by atoms with E-state index in [-0.39, 0.29) is 17.3 Å². The first kappa shape index (κ1) is 16.4. The molecule has 7 heteroatoms. The molecule has 2 heterocycles. The Labute approximate surface area is 144 Å². The van der Waals surface area contributed by atoms with E-state index in [2.05, 4.69) is 22.2 Å². The van der Waals surface area contributed by atoms with Gasteiger partial charge in [0.1, 0.15) is 0 Å². The number of rotatable bonds is 3. The molecule has 1 N–H and O–H groups in total. The molecule has 2 aromatic rings. The van der Waals surface area contributed by atoms with Gasteiger partial charge in [-0.05, 0) is 36.6 Å². The van der Waals surface area contributed by atoms with Crippen LogP contribution in [0.2, 0.25) is 5.02 Å². The van der Waals surface area contributed by atoms with E-state index in [1.807, 2.05) is 0 Å². The van der Waals surface area contributed by atoms with Gasteiger partial charge in [0.2, 0.25) is 0 Å². The lowest BCUT2D eigenvalue weighted by atomic mass is 10.2. The van der Waals surface area contributed by atoms with Gasteiger partial charge in [0, 0.05) is 36.2 Å². The van der Waals surface area contributed by atoms with Gasteiger partial charge >= 0.3 is 0 Å². The van der Waals surface area contributed by atoms with Crippen molar-refractivity contribution in [1.82, 2.24) is 14.9 Å². The van der Waals surface area contributed by atoms with E-state index in [4.69, 9.17) is 11.6 Å². The molecule has 1 atom stereocenters. The molecule has 1 aromatic heterocycles. The van der Waals surface area contributed by atoms with Gasteiger partial charge in [-0.25, -0.2) is 9.97 Å². The molecule has 1 aliphatic heterocycles. The van der Waals surface area contributed by atoms with Crippen LogP contribution in [0, 0.1) is 5.92 Å². The molecular formula is C17H17ClN4O2. The molecule has 24 heavy (non-hydrogen) atoms. The number of nitrogens with zero attached hydrogens (tertiary/aromatic N) is 3. The second kappa shape index (κ2) is 6.97. The van der Waals surface area contributed by atoms with E-state index in [0.717, 1.165) is 6.42 Å². The summed E-state index contributed by atoms with van der Waals surface area (Å²) in [5.74, 6) is -0.272. The molecule has 0 bridgehead atoms. The van der Waals surface area contributed by atoms with E-state index in [9.17, 15) is 9.59 Å². The Hall–Kier alpha value is -2.47. The zero-order valence-electron chi connectivity index (χ0n) is 13.2. The Balaban J connectivity index is 1.81. The highest BCUT2D eigenvalue weighted by molar-refractivity contribution is 6.30. The minimum absolute atomic E-state index is 0.0250. The lowest BCUT2D eigenvalue weighted by molar-refractivity contribution is 0.0776. The van der Waals surface area contributed by atoms with Crippen LogP contribution >= 0.6 is 11.6 Å². The number of aromatic nitrogens is 2. The van der Waals surface area contributed by atoms with Crippen LogP contribution in [-0.4, -0.2) is 39.8 Å². The van der Waals surface area contributed by atoms with Gasteiger partial charge in [-0.15, -0.1) is 0 Å². The number of hydrogen-bond donors (Lipinski definition) is 1. The number of nitrogens with one attached hydrogen (secondary N) is 1. The number of hydrogen-bond acceptors (Lipinski definition) is 4. The molecule has 3 rings (SSSR count). The molecule has 2 amide bonds. The molecule has 0 unspecified atom stereocenters. The van der Waals surface area contributed by atoms with Gasteiger partial charge in [0.05, 0.1) is 0 Å². The molecule has 0 radical (unpaired) electrons. The van der Waals surface area contributed by atoms with Crippen molar-refractivity contribution in [2.24, 2.45) is 5.92 Å². The number of amides is 2. The fourth-order valence-electron chi connectivity index (χ4n) is 2.65. The SMILES string of the molecule is C[C@@H]1CCN(C(=O)c2nccnc2C(=O)Nc2ccc(Cl)cc2)C1. The Morgan fingerprint density at radius 3 is 2.46 bits per heavy atom. The van der Waals surface area contributed by atoms with Gasteiger partial charge in [0.15, 0.2) is 11.4 Å². The summed E-state index contributed by atoms with van der Waals surface area (Å²) in [6.07, 6.45) is 3.78. The molecule has 1 saturated heterocycles. The quantitative estimate of drug-likeness (QED) is 0.929.